The van der Waals surface area contributed by atoms with Crippen molar-refractivity contribution in [2.45, 2.75) is 19.8 Å². The van der Waals surface area contributed by atoms with Crippen molar-refractivity contribution < 1.29 is 22.7 Å². The van der Waals surface area contributed by atoms with Crippen LogP contribution in [0.3, 0.4) is 0 Å². The third kappa shape index (κ3) is 4.17. The first kappa shape index (κ1) is 21.8. The van der Waals surface area contributed by atoms with Crippen LogP contribution in [0.25, 0.3) is 5.76 Å². The lowest BCUT2D eigenvalue weighted by Gasteiger charge is -2.32. The zero-order valence-electron chi connectivity index (χ0n) is 16.7. The molecule has 1 atom stereocenters. The molecule has 0 amide bonds. The zero-order chi connectivity index (χ0) is 21.7. The van der Waals surface area contributed by atoms with Crippen molar-refractivity contribution in [1.29, 1.82) is 5.26 Å². The molecule has 2 aromatic rings. The summed E-state index contributed by atoms with van der Waals surface area (Å²) in [6.45, 7) is 3.61. The van der Waals surface area contributed by atoms with Gasteiger partial charge in [0, 0.05) is 5.56 Å². The fourth-order valence-electron chi connectivity index (χ4n) is 3.32. The molecule has 8 heteroatoms. The number of halogens is 1. The minimum Gasteiger partial charge on any atom is -0.439 e. The van der Waals surface area contributed by atoms with Crippen molar-refractivity contribution in [2.24, 2.45) is 5.73 Å². The second-order valence-electron chi connectivity index (χ2n) is 6.39. The number of ether oxygens (including phenoxy) is 1. The topological polar surface area (TPSA) is 94.6 Å². The van der Waals surface area contributed by atoms with E-state index in [0.29, 0.717) is 11.1 Å². The summed E-state index contributed by atoms with van der Waals surface area (Å²) in [6.07, 6.45) is 0. The average Bonchev–Trinajstić information content (AvgIpc) is 2.74. The molecule has 2 aromatic carbocycles. The number of hydrogen-bond acceptors (Lipinski definition) is 6. The van der Waals surface area contributed by atoms with Gasteiger partial charge in [0.2, 0.25) is 5.88 Å². The van der Waals surface area contributed by atoms with Crippen LogP contribution in [0.2, 0.25) is 0 Å². The molecule has 1 aliphatic heterocycles. The standard InChI is InChI=1S/C22H22FN2O4P/c1-3-27-30(26,28-4-2)21-19(15-10-12-17(23)13-11-15)18(14-24)22(25)29-20(21)16-8-6-5-7-9-16/h5-13,19H,3-4,25H2,1-2H3. The van der Waals surface area contributed by atoms with Crippen molar-refractivity contribution in [3.63, 3.8) is 0 Å². The molecule has 0 bridgehead atoms. The van der Waals surface area contributed by atoms with Gasteiger partial charge in [-0.1, -0.05) is 42.5 Å². The van der Waals surface area contributed by atoms with Gasteiger partial charge in [0.15, 0.2) is 0 Å². The van der Waals surface area contributed by atoms with Crippen LogP contribution < -0.4 is 5.73 Å². The van der Waals surface area contributed by atoms with E-state index in [0.717, 1.165) is 0 Å². The molecule has 2 N–H and O–H groups in total. The number of nitrogens with zero attached hydrogens (tertiary/aromatic N) is 1. The first-order valence-electron chi connectivity index (χ1n) is 9.47. The lowest BCUT2D eigenvalue weighted by Crippen LogP contribution is -2.22. The van der Waals surface area contributed by atoms with E-state index in [2.05, 4.69) is 0 Å². The van der Waals surface area contributed by atoms with Gasteiger partial charge in [-0.2, -0.15) is 5.26 Å². The molecule has 0 saturated carbocycles. The van der Waals surface area contributed by atoms with Crippen LogP contribution >= 0.6 is 7.60 Å². The fraction of sp³-hybridized carbons (Fsp3) is 0.227. The summed E-state index contributed by atoms with van der Waals surface area (Å²) < 4.78 is 44.6. The van der Waals surface area contributed by atoms with Gasteiger partial charge >= 0.3 is 7.60 Å². The van der Waals surface area contributed by atoms with Crippen molar-refractivity contribution in [1.82, 2.24) is 0 Å². The van der Waals surface area contributed by atoms with E-state index in [1.807, 2.05) is 12.1 Å². The van der Waals surface area contributed by atoms with Crippen LogP contribution in [0.15, 0.2) is 71.4 Å². The number of nitriles is 1. The second-order valence-corrected chi connectivity index (χ2v) is 8.38. The highest BCUT2D eigenvalue weighted by atomic mass is 31.2. The smallest absolute Gasteiger partial charge is 0.362 e. The molecule has 1 unspecified atom stereocenters. The largest absolute Gasteiger partial charge is 0.439 e. The van der Waals surface area contributed by atoms with Crippen LogP contribution in [0.1, 0.15) is 30.9 Å². The highest BCUT2D eigenvalue weighted by Gasteiger charge is 2.45. The number of allylic oxidation sites excluding steroid dienone is 2. The Labute approximate surface area is 174 Å². The summed E-state index contributed by atoms with van der Waals surface area (Å²) in [5.41, 5.74) is 7.25. The molecule has 0 aliphatic carbocycles. The summed E-state index contributed by atoms with van der Waals surface area (Å²) in [5.74, 6) is -1.24. The summed E-state index contributed by atoms with van der Waals surface area (Å²) in [4.78, 5) is 0. The third-order valence-electron chi connectivity index (χ3n) is 4.53. The van der Waals surface area contributed by atoms with Gasteiger partial charge in [-0.3, -0.25) is 4.57 Å². The van der Waals surface area contributed by atoms with Crippen molar-refractivity contribution in [3.8, 4) is 6.07 Å². The van der Waals surface area contributed by atoms with Gasteiger partial charge < -0.3 is 19.5 Å². The molecule has 3 rings (SSSR count). The van der Waals surface area contributed by atoms with Crippen LogP contribution in [-0.4, -0.2) is 13.2 Å². The predicted molar refractivity (Wildman–Crippen MR) is 111 cm³/mol. The number of benzene rings is 2. The van der Waals surface area contributed by atoms with Crippen molar-refractivity contribution >= 4 is 13.4 Å². The lowest BCUT2D eigenvalue weighted by atomic mass is 9.88. The quantitative estimate of drug-likeness (QED) is 0.604. The van der Waals surface area contributed by atoms with E-state index >= 15 is 0 Å². The van der Waals surface area contributed by atoms with E-state index in [1.165, 1.54) is 24.3 Å². The van der Waals surface area contributed by atoms with E-state index in [1.54, 1.807) is 38.1 Å². The maximum absolute atomic E-state index is 13.9. The monoisotopic (exact) mass is 428 g/mol. The van der Waals surface area contributed by atoms with Crippen LogP contribution in [0.4, 0.5) is 4.39 Å². The molecule has 30 heavy (non-hydrogen) atoms. The predicted octanol–water partition coefficient (Wildman–Crippen LogP) is 5.27. The first-order valence-corrected chi connectivity index (χ1v) is 11.0. The molecule has 0 radical (unpaired) electrons. The normalized spacial score (nSPS) is 16.9. The number of hydrogen-bond donors (Lipinski definition) is 1. The molecular formula is C22H22FN2O4P. The van der Waals surface area contributed by atoms with Gasteiger partial charge in [-0.05, 0) is 31.5 Å². The zero-order valence-corrected chi connectivity index (χ0v) is 17.6. The van der Waals surface area contributed by atoms with Gasteiger partial charge in [0.25, 0.3) is 0 Å². The molecular weight excluding hydrogens is 406 g/mol. The molecule has 156 valence electrons. The van der Waals surface area contributed by atoms with Crippen molar-refractivity contribution in [2.75, 3.05) is 13.2 Å². The number of rotatable bonds is 7. The van der Waals surface area contributed by atoms with E-state index < -0.39 is 19.3 Å². The maximum Gasteiger partial charge on any atom is 0.362 e. The van der Waals surface area contributed by atoms with Crippen LogP contribution in [-0.2, 0) is 18.3 Å². The SMILES string of the molecule is CCOP(=O)(OCC)C1=C(c2ccccc2)OC(N)=C(C#N)C1c1ccc(F)cc1. The molecule has 1 heterocycles. The molecule has 0 spiro atoms. The van der Waals surface area contributed by atoms with Crippen LogP contribution in [0.5, 0.6) is 0 Å². The Morgan fingerprint density at radius 1 is 1.10 bits per heavy atom. The summed E-state index contributed by atoms with van der Waals surface area (Å²) in [7, 11) is -3.91. The molecule has 0 fully saturated rings. The Bertz CT molecular complexity index is 1050. The van der Waals surface area contributed by atoms with E-state index in [4.69, 9.17) is 19.5 Å². The van der Waals surface area contributed by atoms with Crippen molar-refractivity contribution in [3.05, 3.63) is 88.3 Å². The van der Waals surface area contributed by atoms with E-state index in [9.17, 15) is 14.2 Å². The Balaban J connectivity index is 2.36. The number of nitrogens with two attached hydrogens (primary N) is 1. The highest BCUT2D eigenvalue weighted by molar-refractivity contribution is 7.58. The first-order chi connectivity index (χ1) is 14.4. The Morgan fingerprint density at radius 3 is 2.23 bits per heavy atom. The Hall–Kier alpha value is -2.91. The minimum absolute atomic E-state index is 0.0518. The second kappa shape index (κ2) is 9.27. The Kier molecular flexibility index (Phi) is 6.73. The minimum atomic E-state index is -3.91. The average molecular weight is 428 g/mol. The van der Waals surface area contributed by atoms with Gasteiger partial charge in [-0.25, -0.2) is 4.39 Å². The summed E-state index contributed by atoms with van der Waals surface area (Å²) in [6, 6.07) is 16.6. The Morgan fingerprint density at radius 2 is 1.70 bits per heavy atom. The summed E-state index contributed by atoms with van der Waals surface area (Å²) >= 11 is 0. The van der Waals surface area contributed by atoms with Gasteiger partial charge in [0.05, 0.1) is 24.4 Å². The van der Waals surface area contributed by atoms with Crippen LogP contribution in [0, 0.1) is 17.1 Å². The molecule has 6 nitrogen and oxygen atoms in total. The van der Waals surface area contributed by atoms with E-state index in [-0.39, 0.29) is 35.7 Å². The molecule has 0 saturated heterocycles. The molecule has 1 aliphatic rings. The molecule has 0 aromatic heterocycles. The fourth-order valence-corrected chi connectivity index (χ4v) is 5.37. The highest BCUT2D eigenvalue weighted by Crippen LogP contribution is 2.65. The van der Waals surface area contributed by atoms with Gasteiger partial charge in [-0.15, -0.1) is 0 Å². The lowest BCUT2D eigenvalue weighted by molar-refractivity contribution is 0.223. The third-order valence-corrected chi connectivity index (χ3v) is 6.77. The summed E-state index contributed by atoms with van der Waals surface area (Å²) in [5, 5.41) is 9.97. The van der Waals surface area contributed by atoms with Gasteiger partial charge in [0.1, 0.15) is 23.2 Å². The maximum atomic E-state index is 13.9.